The van der Waals surface area contributed by atoms with Gasteiger partial charge in [-0.2, -0.15) is 5.10 Å². The molecule has 2 aromatic rings. The summed E-state index contributed by atoms with van der Waals surface area (Å²) < 4.78 is 14.8. The van der Waals surface area contributed by atoms with E-state index in [-0.39, 0.29) is 30.5 Å². The maximum atomic E-state index is 13.1. The molecule has 1 heterocycles. The molecule has 6 nitrogen and oxygen atoms in total. The summed E-state index contributed by atoms with van der Waals surface area (Å²) in [6.07, 6.45) is 0.180. The number of carboxylic acid groups (broad SMARTS) is 1. The van der Waals surface area contributed by atoms with Crippen molar-refractivity contribution >= 4 is 11.9 Å². The van der Waals surface area contributed by atoms with Gasteiger partial charge in [-0.05, 0) is 44.0 Å². The van der Waals surface area contributed by atoms with Crippen molar-refractivity contribution < 1.29 is 19.1 Å². The van der Waals surface area contributed by atoms with Crippen LogP contribution >= 0.6 is 0 Å². The van der Waals surface area contributed by atoms with Gasteiger partial charge in [0.15, 0.2) is 0 Å². The number of nitrogens with one attached hydrogen (secondary N) is 1. The first-order valence-corrected chi connectivity index (χ1v) is 8.07. The van der Waals surface area contributed by atoms with Crippen LogP contribution in [0, 0.1) is 25.6 Å². The highest BCUT2D eigenvalue weighted by molar-refractivity contribution is 5.79. The topological polar surface area (TPSA) is 84.2 Å². The maximum Gasteiger partial charge on any atom is 0.303 e. The zero-order valence-corrected chi connectivity index (χ0v) is 14.5. The second-order valence-electron chi connectivity index (χ2n) is 6.22. The molecule has 1 unspecified atom stereocenters. The molecule has 0 fully saturated rings. The number of aryl methyl sites for hydroxylation is 1. The zero-order valence-electron chi connectivity index (χ0n) is 14.5. The fourth-order valence-electron chi connectivity index (χ4n) is 2.65. The minimum atomic E-state index is -0.881. The molecule has 0 aliphatic heterocycles. The highest BCUT2D eigenvalue weighted by atomic mass is 19.1. The summed E-state index contributed by atoms with van der Waals surface area (Å²) in [7, 11) is 0. The van der Waals surface area contributed by atoms with Gasteiger partial charge in [-0.15, -0.1) is 0 Å². The number of amides is 1. The van der Waals surface area contributed by atoms with E-state index in [0.29, 0.717) is 6.54 Å². The first-order chi connectivity index (χ1) is 11.8. The van der Waals surface area contributed by atoms with Crippen LogP contribution < -0.4 is 5.32 Å². The molecule has 0 saturated heterocycles. The molecule has 0 aliphatic carbocycles. The summed E-state index contributed by atoms with van der Waals surface area (Å²) in [6, 6.07) is 5.99. The molecule has 2 rings (SSSR count). The van der Waals surface area contributed by atoms with Crippen molar-refractivity contribution in [3.05, 3.63) is 47.0 Å². The molecule has 0 bridgehead atoms. The summed E-state index contributed by atoms with van der Waals surface area (Å²) in [5.74, 6) is -1.51. The summed E-state index contributed by atoms with van der Waals surface area (Å²) in [5, 5.41) is 15.9. The van der Waals surface area contributed by atoms with E-state index in [1.165, 1.54) is 12.1 Å². The molecule has 7 heteroatoms. The summed E-state index contributed by atoms with van der Waals surface area (Å²) in [5.41, 5.74) is 3.09. The number of aliphatic carboxylic acids is 1. The molecule has 2 N–H and O–H groups in total. The van der Waals surface area contributed by atoms with Gasteiger partial charge in [0.2, 0.25) is 5.91 Å². The van der Waals surface area contributed by atoms with Gasteiger partial charge < -0.3 is 10.4 Å². The number of carbonyl (C=O) groups is 2. The van der Waals surface area contributed by atoms with Crippen molar-refractivity contribution in [2.45, 2.75) is 33.6 Å². The molecule has 1 amide bonds. The zero-order chi connectivity index (χ0) is 18.6. The average molecular weight is 347 g/mol. The minimum Gasteiger partial charge on any atom is -0.481 e. The second kappa shape index (κ2) is 7.92. The Bertz CT molecular complexity index is 769. The number of rotatable bonds is 7. The number of hydrogen-bond donors (Lipinski definition) is 2. The monoisotopic (exact) mass is 347 g/mol. The highest BCUT2D eigenvalue weighted by Gasteiger charge is 2.17. The van der Waals surface area contributed by atoms with Crippen LogP contribution in [0.5, 0.6) is 0 Å². The predicted octanol–water partition coefficient (Wildman–Crippen LogP) is 2.40. The van der Waals surface area contributed by atoms with Crippen LogP contribution in [0.3, 0.4) is 0 Å². The normalized spacial score (nSPS) is 12.0. The van der Waals surface area contributed by atoms with Crippen LogP contribution in [0.1, 0.15) is 30.3 Å². The Balaban J connectivity index is 2.06. The van der Waals surface area contributed by atoms with Gasteiger partial charge in [-0.3, -0.25) is 9.59 Å². The van der Waals surface area contributed by atoms with Crippen LogP contribution in [-0.4, -0.2) is 33.3 Å². The number of carbonyl (C=O) groups excluding carboxylic acids is 1. The Morgan fingerprint density at radius 3 is 2.52 bits per heavy atom. The van der Waals surface area contributed by atoms with Gasteiger partial charge in [-0.1, -0.05) is 6.92 Å². The quantitative estimate of drug-likeness (QED) is 0.805. The third-order valence-corrected chi connectivity index (χ3v) is 4.02. The number of benzene rings is 1. The third kappa shape index (κ3) is 4.89. The molecule has 0 saturated carbocycles. The van der Waals surface area contributed by atoms with Crippen LogP contribution in [0.4, 0.5) is 4.39 Å². The lowest BCUT2D eigenvalue weighted by Gasteiger charge is -2.10. The lowest BCUT2D eigenvalue weighted by atomic mass is 10.1. The van der Waals surface area contributed by atoms with E-state index < -0.39 is 5.97 Å². The van der Waals surface area contributed by atoms with E-state index >= 15 is 0 Å². The Kier molecular flexibility index (Phi) is 5.90. The van der Waals surface area contributed by atoms with Crippen molar-refractivity contribution in [3.8, 4) is 5.69 Å². The molecule has 0 spiro atoms. The molecule has 1 atom stereocenters. The molecular formula is C18H22FN3O3. The Hall–Kier alpha value is -2.70. The fraction of sp³-hybridized carbons (Fsp3) is 0.389. The minimum absolute atomic E-state index is 0.0147. The second-order valence-corrected chi connectivity index (χ2v) is 6.22. The van der Waals surface area contributed by atoms with Gasteiger partial charge >= 0.3 is 5.97 Å². The number of nitrogens with zero attached hydrogens (tertiary/aromatic N) is 2. The molecule has 0 radical (unpaired) electrons. The molecule has 134 valence electrons. The van der Waals surface area contributed by atoms with E-state index in [4.69, 9.17) is 5.11 Å². The summed E-state index contributed by atoms with van der Waals surface area (Å²) >= 11 is 0. The molecule has 1 aromatic heterocycles. The number of hydrogen-bond acceptors (Lipinski definition) is 3. The van der Waals surface area contributed by atoms with Crippen molar-refractivity contribution in [1.82, 2.24) is 15.1 Å². The van der Waals surface area contributed by atoms with Crippen molar-refractivity contribution in [2.24, 2.45) is 5.92 Å². The smallest absolute Gasteiger partial charge is 0.303 e. The first-order valence-electron chi connectivity index (χ1n) is 8.07. The SMILES string of the molecule is Cc1nn(-c2ccc(F)cc2)c(C)c1CC(=O)NCC(C)CC(=O)O. The molecule has 25 heavy (non-hydrogen) atoms. The van der Waals surface area contributed by atoms with Crippen LogP contribution in [0.2, 0.25) is 0 Å². The largest absolute Gasteiger partial charge is 0.481 e. The third-order valence-electron chi connectivity index (χ3n) is 4.02. The van der Waals surface area contributed by atoms with Gasteiger partial charge in [0.1, 0.15) is 5.82 Å². The van der Waals surface area contributed by atoms with Gasteiger partial charge in [-0.25, -0.2) is 9.07 Å². The van der Waals surface area contributed by atoms with E-state index in [0.717, 1.165) is 22.6 Å². The van der Waals surface area contributed by atoms with E-state index in [1.54, 1.807) is 23.7 Å². The van der Waals surface area contributed by atoms with Crippen molar-refractivity contribution in [3.63, 3.8) is 0 Å². The number of halogens is 1. The van der Waals surface area contributed by atoms with Crippen LogP contribution in [-0.2, 0) is 16.0 Å². The Morgan fingerprint density at radius 1 is 1.28 bits per heavy atom. The average Bonchev–Trinajstić information content (AvgIpc) is 2.81. The van der Waals surface area contributed by atoms with E-state index in [1.807, 2.05) is 13.8 Å². The molecular weight excluding hydrogens is 325 g/mol. The molecule has 0 aliphatic rings. The van der Waals surface area contributed by atoms with Gasteiger partial charge in [0.25, 0.3) is 0 Å². The van der Waals surface area contributed by atoms with Crippen LogP contribution in [0.25, 0.3) is 5.69 Å². The lowest BCUT2D eigenvalue weighted by Crippen LogP contribution is -2.30. The number of carboxylic acids is 1. The van der Waals surface area contributed by atoms with E-state index in [2.05, 4.69) is 10.4 Å². The standard InChI is InChI=1S/C18H22FN3O3/c1-11(8-18(24)25)10-20-17(23)9-16-12(2)21-22(13(16)3)15-6-4-14(19)5-7-15/h4-7,11H,8-10H2,1-3H3,(H,20,23)(H,24,25). The lowest BCUT2D eigenvalue weighted by molar-refractivity contribution is -0.138. The summed E-state index contributed by atoms with van der Waals surface area (Å²) in [6.45, 7) is 5.77. The predicted molar refractivity (Wildman–Crippen MR) is 91.1 cm³/mol. The van der Waals surface area contributed by atoms with Crippen molar-refractivity contribution in [1.29, 1.82) is 0 Å². The first kappa shape index (κ1) is 18.6. The van der Waals surface area contributed by atoms with Gasteiger partial charge in [0, 0.05) is 24.2 Å². The van der Waals surface area contributed by atoms with Crippen LogP contribution in [0.15, 0.2) is 24.3 Å². The fourth-order valence-corrected chi connectivity index (χ4v) is 2.65. The Labute approximate surface area is 145 Å². The maximum absolute atomic E-state index is 13.1. The number of aromatic nitrogens is 2. The Morgan fingerprint density at radius 2 is 1.92 bits per heavy atom. The highest BCUT2D eigenvalue weighted by Crippen LogP contribution is 2.18. The van der Waals surface area contributed by atoms with Gasteiger partial charge in [0.05, 0.1) is 17.8 Å². The molecule has 1 aromatic carbocycles. The summed E-state index contributed by atoms with van der Waals surface area (Å²) in [4.78, 5) is 22.8. The van der Waals surface area contributed by atoms with E-state index in [9.17, 15) is 14.0 Å². The van der Waals surface area contributed by atoms with Crippen molar-refractivity contribution in [2.75, 3.05) is 6.54 Å².